The monoisotopic (exact) mass is 311 g/mol. The Bertz CT molecular complexity index is 741. The van der Waals surface area contributed by atoms with Gasteiger partial charge in [-0.25, -0.2) is 4.98 Å². The third-order valence-electron chi connectivity index (χ3n) is 3.72. The lowest BCUT2D eigenvalue weighted by Gasteiger charge is -2.20. The van der Waals surface area contributed by atoms with E-state index in [9.17, 15) is 15.0 Å². The van der Waals surface area contributed by atoms with Gasteiger partial charge in [-0.3, -0.25) is 14.3 Å². The van der Waals surface area contributed by atoms with E-state index in [0.29, 0.717) is 0 Å². The van der Waals surface area contributed by atoms with Gasteiger partial charge in [0.05, 0.1) is 12.4 Å². The molecule has 1 fully saturated rings. The SMILES string of the molecule is COC1[C@H](O)[C@H](n2cnc3c(=O)[nH]c(N)nc32)O[C@@H]1[C@H](C)O. The molecule has 120 valence electrons. The number of anilines is 1. The molecular weight excluding hydrogens is 294 g/mol. The Labute approximate surface area is 124 Å². The van der Waals surface area contributed by atoms with E-state index >= 15 is 0 Å². The first-order valence-electron chi connectivity index (χ1n) is 6.70. The molecular formula is C12H17N5O5. The quantitative estimate of drug-likeness (QED) is 0.527. The summed E-state index contributed by atoms with van der Waals surface area (Å²) >= 11 is 0. The van der Waals surface area contributed by atoms with Crippen LogP contribution in [0.1, 0.15) is 13.2 Å². The fourth-order valence-corrected chi connectivity index (χ4v) is 2.70. The number of hydrogen-bond acceptors (Lipinski definition) is 8. The lowest BCUT2D eigenvalue weighted by atomic mass is 10.1. The van der Waals surface area contributed by atoms with E-state index in [1.807, 2.05) is 0 Å². The van der Waals surface area contributed by atoms with Crippen molar-refractivity contribution in [3.05, 3.63) is 16.7 Å². The molecule has 0 aromatic carbocycles. The lowest BCUT2D eigenvalue weighted by Crippen LogP contribution is -2.38. The summed E-state index contributed by atoms with van der Waals surface area (Å²) in [6.45, 7) is 1.54. The average molecular weight is 311 g/mol. The summed E-state index contributed by atoms with van der Waals surface area (Å²) in [4.78, 5) is 22.1. The number of aromatic amines is 1. The Balaban J connectivity index is 2.06. The largest absolute Gasteiger partial charge is 0.391 e. The van der Waals surface area contributed by atoms with Gasteiger partial charge in [0, 0.05) is 7.11 Å². The maximum absolute atomic E-state index is 11.8. The number of H-pyrrole nitrogens is 1. The molecule has 0 spiro atoms. The summed E-state index contributed by atoms with van der Waals surface area (Å²) < 4.78 is 12.3. The Morgan fingerprint density at radius 3 is 2.91 bits per heavy atom. The second-order valence-electron chi connectivity index (χ2n) is 5.20. The summed E-state index contributed by atoms with van der Waals surface area (Å²) in [5, 5.41) is 20.1. The van der Waals surface area contributed by atoms with E-state index in [2.05, 4.69) is 15.0 Å². The van der Waals surface area contributed by atoms with Gasteiger partial charge in [-0.1, -0.05) is 0 Å². The van der Waals surface area contributed by atoms with Crippen LogP contribution in [0.15, 0.2) is 11.1 Å². The number of fused-ring (bicyclic) bond motifs is 1. The van der Waals surface area contributed by atoms with Gasteiger partial charge >= 0.3 is 0 Å². The van der Waals surface area contributed by atoms with E-state index in [-0.39, 0.29) is 17.1 Å². The fraction of sp³-hybridized carbons (Fsp3) is 0.583. The van der Waals surface area contributed by atoms with Crippen molar-refractivity contribution >= 4 is 17.1 Å². The zero-order chi connectivity index (χ0) is 16.0. The number of aromatic nitrogens is 4. The van der Waals surface area contributed by atoms with Crippen molar-refractivity contribution in [1.29, 1.82) is 0 Å². The first-order chi connectivity index (χ1) is 10.4. The molecule has 3 heterocycles. The Morgan fingerprint density at radius 2 is 2.32 bits per heavy atom. The molecule has 3 rings (SSSR count). The van der Waals surface area contributed by atoms with E-state index in [4.69, 9.17) is 15.2 Å². The van der Waals surface area contributed by atoms with E-state index in [1.165, 1.54) is 18.0 Å². The van der Waals surface area contributed by atoms with E-state index in [0.717, 1.165) is 0 Å². The molecule has 1 unspecified atom stereocenters. The number of nitrogens with two attached hydrogens (primary N) is 1. The zero-order valence-electron chi connectivity index (χ0n) is 12.0. The minimum absolute atomic E-state index is 0.0675. The second kappa shape index (κ2) is 5.32. The number of imidazole rings is 1. The van der Waals surface area contributed by atoms with Crippen LogP contribution in [-0.2, 0) is 9.47 Å². The van der Waals surface area contributed by atoms with Gasteiger partial charge in [-0.05, 0) is 6.92 Å². The molecule has 1 saturated heterocycles. The third-order valence-corrected chi connectivity index (χ3v) is 3.72. The number of aliphatic hydroxyl groups excluding tert-OH is 2. The Kier molecular flexibility index (Phi) is 3.60. The van der Waals surface area contributed by atoms with Crippen molar-refractivity contribution in [3.8, 4) is 0 Å². The molecule has 10 nitrogen and oxygen atoms in total. The zero-order valence-corrected chi connectivity index (χ0v) is 12.0. The summed E-state index contributed by atoms with van der Waals surface area (Å²) in [7, 11) is 1.42. The molecule has 5 atom stereocenters. The highest BCUT2D eigenvalue weighted by Gasteiger charge is 2.47. The van der Waals surface area contributed by atoms with Gasteiger partial charge in [-0.15, -0.1) is 0 Å². The van der Waals surface area contributed by atoms with Crippen LogP contribution < -0.4 is 11.3 Å². The van der Waals surface area contributed by atoms with Crippen LogP contribution in [0, 0.1) is 0 Å². The van der Waals surface area contributed by atoms with Gasteiger partial charge in [0.1, 0.15) is 18.3 Å². The normalized spacial score (nSPS) is 30.0. The van der Waals surface area contributed by atoms with Crippen LogP contribution in [0.2, 0.25) is 0 Å². The smallest absolute Gasteiger partial charge is 0.280 e. The number of rotatable bonds is 3. The summed E-state index contributed by atoms with van der Waals surface area (Å²) in [5.41, 5.74) is 5.33. The molecule has 2 aromatic rings. The standard InChI is InChI=1S/C12H17N5O5/c1-4(18)7-8(21-2)6(19)11(22-7)17-3-14-5-9(17)15-12(13)16-10(5)20/h3-4,6-8,11,18-19H,1-2H3,(H3,13,15,16,20)/t4-,6-,7+,8?,11+/m0/s1. The first-order valence-corrected chi connectivity index (χ1v) is 6.70. The van der Waals surface area contributed by atoms with Gasteiger partial charge in [0.25, 0.3) is 5.56 Å². The Hall–Kier alpha value is -2.01. The molecule has 5 N–H and O–H groups in total. The highest BCUT2D eigenvalue weighted by atomic mass is 16.6. The van der Waals surface area contributed by atoms with Gasteiger partial charge < -0.3 is 25.4 Å². The average Bonchev–Trinajstić information content (AvgIpc) is 2.99. The molecule has 10 heteroatoms. The summed E-state index contributed by atoms with van der Waals surface area (Å²) in [5.74, 6) is -0.0675. The molecule has 0 aliphatic carbocycles. The van der Waals surface area contributed by atoms with Gasteiger partial charge in [-0.2, -0.15) is 4.98 Å². The molecule has 0 radical (unpaired) electrons. The minimum Gasteiger partial charge on any atom is -0.391 e. The number of nitrogens with zero attached hydrogens (tertiary/aromatic N) is 3. The minimum atomic E-state index is -1.07. The fourth-order valence-electron chi connectivity index (χ4n) is 2.70. The highest BCUT2D eigenvalue weighted by Crippen LogP contribution is 2.33. The number of ether oxygens (including phenoxy) is 2. The number of aliphatic hydroxyl groups is 2. The topological polar surface area (TPSA) is 149 Å². The van der Waals surface area contributed by atoms with Gasteiger partial charge in [0.15, 0.2) is 17.4 Å². The predicted octanol–water partition coefficient (Wildman–Crippen LogP) is -1.64. The molecule has 0 bridgehead atoms. The summed E-state index contributed by atoms with van der Waals surface area (Å²) in [6.07, 6.45) is -2.92. The number of hydrogen-bond donors (Lipinski definition) is 4. The molecule has 1 aliphatic rings. The van der Waals surface area contributed by atoms with Crippen molar-refractivity contribution in [1.82, 2.24) is 19.5 Å². The molecule has 22 heavy (non-hydrogen) atoms. The van der Waals surface area contributed by atoms with Crippen molar-refractivity contribution in [2.75, 3.05) is 12.8 Å². The molecule has 0 saturated carbocycles. The first kappa shape index (κ1) is 14.9. The van der Waals surface area contributed by atoms with Crippen LogP contribution >= 0.6 is 0 Å². The third kappa shape index (κ3) is 2.16. The number of nitrogens with one attached hydrogen (secondary N) is 1. The lowest BCUT2D eigenvalue weighted by molar-refractivity contribution is -0.0824. The maximum Gasteiger partial charge on any atom is 0.280 e. The molecule has 1 aliphatic heterocycles. The number of nitrogen functional groups attached to an aromatic ring is 1. The van der Waals surface area contributed by atoms with Crippen molar-refractivity contribution < 1.29 is 19.7 Å². The van der Waals surface area contributed by atoms with Crippen LogP contribution in [0.4, 0.5) is 5.95 Å². The maximum atomic E-state index is 11.8. The molecule has 0 amide bonds. The van der Waals surface area contributed by atoms with Crippen molar-refractivity contribution in [2.24, 2.45) is 0 Å². The van der Waals surface area contributed by atoms with Crippen LogP contribution in [0.5, 0.6) is 0 Å². The van der Waals surface area contributed by atoms with Crippen molar-refractivity contribution in [3.63, 3.8) is 0 Å². The van der Waals surface area contributed by atoms with Crippen LogP contribution in [0.25, 0.3) is 11.2 Å². The Morgan fingerprint density at radius 1 is 1.59 bits per heavy atom. The second-order valence-corrected chi connectivity index (χ2v) is 5.20. The van der Waals surface area contributed by atoms with Crippen LogP contribution in [-0.4, -0.2) is 61.3 Å². The van der Waals surface area contributed by atoms with Crippen LogP contribution in [0.3, 0.4) is 0 Å². The van der Waals surface area contributed by atoms with E-state index in [1.54, 1.807) is 6.92 Å². The molecule has 2 aromatic heterocycles. The highest BCUT2D eigenvalue weighted by molar-refractivity contribution is 5.70. The van der Waals surface area contributed by atoms with E-state index < -0.39 is 36.2 Å². The van der Waals surface area contributed by atoms with Gasteiger partial charge in [0.2, 0.25) is 5.95 Å². The number of methoxy groups -OCH3 is 1. The predicted molar refractivity (Wildman–Crippen MR) is 75.0 cm³/mol. The summed E-state index contributed by atoms with van der Waals surface area (Å²) in [6, 6.07) is 0. The van der Waals surface area contributed by atoms with Crippen molar-refractivity contribution in [2.45, 2.75) is 37.6 Å².